The summed E-state index contributed by atoms with van der Waals surface area (Å²) in [6, 6.07) is 7.99. The van der Waals surface area contributed by atoms with Gasteiger partial charge in [0.2, 0.25) is 5.91 Å². The second-order valence-corrected chi connectivity index (χ2v) is 4.43. The van der Waals surface area contributed by atoms with Gasteiger partial charge in [-0.1, -0.05) is 6.07 Å². The molecule has 0 radical (unpaired) electrons. The quantitative estimate of drug-likeness (QED) is 0.869. The predicted octanol–water partition coefficient (Wildman–Crippen LogP) is 2.26. The number of benzene rings is 1. The van der Waals surface area contributed by atoms with Crippen LogP contribution in [0.1, 0.15) is 19.8 Å². The van der Waals surface area contributed by atoms with Crippen molar-refractivity contribution in [3.05, 3.63) is 24.3 Å². The molecule has 1 aromatic carbocycles. The van der Waals surface area contributed by atoms with Gasteiger partial charge in [-0.25, -0.2) is 0 Å². The molecule has 4 nitrogen and oxygen atoms in total. The van der Waals surface area contributed by atoms with E-state index in [2.05, 4.69) is 16.3 Å². The minimum absolute atomic E-state index is 0.101. The normalized spacial score (nSPS) is 14.8. The standard InChI is InChI=1S/C14H20N2O2/c1-2-18-11-14(17)15-12-6-5-7-13(10-12)16-8-3-4-9-16/h5-7,10H,2-4,8-9,11H2,1H3,(H,15,17). The number of hydrogen-bond acceptors (Lipinski definition) is 3. The molecule has 1 heterocycles. The summed E-state index contributed by atoms with van der Waals surface area (Å²) in [4.78, 5) is 13.9. The van der Waals surface area contributed by atoms with Crippen LogP contribution in [0.25, 0.3) is 0 Å². The lowest BCUT2D eigenvalue weighted by atomic mass is 10.2. The van der Waals surface area contributed by atoms with Crippen LogP contribution in [0.2, 0.25) is 0 Å². The summed E-state index contributed by atoms with van der Waals surface area (Å²) in [6.07, 6.45) is 2.50. The van der Waals surface area contributed by atoms with Crippen LogP contribution in [0.5, 0.6) is 0 Å². The molecule has 0 aliphatic carbocycles. The van der Waals surface area contributed by atoms with Crippen molar-refractivity contribution in [2.24, 2.45) is 0 Å². The number of hydrogen-bond donors (Lipinski definition) is 1. The number of anilines is 2. The Morgan fingerprint density at radius 2 is 2.17 bits per heavy atom. The Kier molecular flexibility index (Phi) is 4.59. The molecule has 0 unspecified atom stereocenters. The number of carbonyl (C=O) groups excluding carboxylic acids is 1. The highest BCUT2D eigenvalue weighted by Gasteiger charge is 2.12. The summed E-state index contributed by atoms with van der Waals surface area (Å²) < 4.78 is 5.08. The maximum atomic E-state index is 11.6. The molecule has 0 aromatic heterocycles. The Balaban J connectivity index is 1.96. The smallest absolute Gasteiger partial charge is 0.250 e. The van der Waals surface area contributed by atoms with Gasteiger partial charge in [-0.05, 0) is 38.0 Å². The summed E-state index contributed by atoms with van der Waals surface area (Å²) in [7, 11) is 0. The SMILES string of the molecule is CCOCC(=O)Nc1cccc(N2CCCC2)c1. The number of nitrogens with zero attached hydrogens (tertiary/aromatic N) is 1. The molecule has 0 saturated carbocycles. The van der Waals surface area contributed by atoms with E-state index in [0.717, 1.165) is 18.8 Å². The molecule has 1 amide bonds. The average molecular weight is 248 g/mol. The number of carbonyl (C=O) groups is 1. The third kappa shape index (κ3) is 3.47. The Bertz CT molecular complexity index is 401. The zero-order valence-corrected chi connectivity index (χ0v) is 10.8. The zero-order valence-electron chi connectivity index (χ0n) is 10.8. The van der Waals surface area contributed by atoms with Crippen molar-refractivity contribution in [2.75, 3.05) is 36.5 Å². The Hall–Kier alpha value is -1.55. The van der Waals surface area contributed by atoms with E-state index in [1.54, 1.807) is 0 Å². The molecule has 0 spiro atoms. The molecule has 0 atom stereocenters. The lowest BCUT2D eigenvalue weighted by Crippen LogP contribution is -2.20. The van der Waals surface area contributed by atoms with Crippen molar-refractivity contribution in [3.8, 4) is 0 Å². The van der Waals surface area contributed by atoms with Crippen molar-refractivity contribution in [1.29, 1.82) is 0 Å². The molecule has 4 heteroatoms. The summed E-state index contributed by atoms with van der Waals surface area (Å²) >= 11 is 0. The summed E-state index contributed by atoms with van der Waals surface area (Å²) in [5.74, 6) is -0.101. The second-order valence-electron chi connectivity index (χ2n) is 4.43. The van der Waals surface area contributed by atoms with E-state index in [0.29, 0.717) is 6.61 Å². The van der Waals surface area contributed by atoms with Crippen LogP contribution < -0.4 is 10.2 Å². The highest BCUT2D eigenvalue weighted by molar-refractivity contribution is 5.92. The first-order chi connectivity index (χ1) is 8.79. The van der Waals surface area contributed by atoms with Gasteiger partial charge in [0.25, 0.3) is 0 Å². The van der Waals surface area contributed by atoms with Crippen molar-refractivity contribution in [3.63, 3.8) is 0 Å². The molecule has 1 fully saturated rings. The van der Waals surface area contributed by atoms with E-state index in [1.807, 2.05) is 25.1 Å². The third-order valence-corrected chi connectivity index (χ3v) is 3.04. The molecule has 1 saturated heterocycles. The summed E-state index contributed by atoms with van der Waals surface area (Å²) in [5.41, 5.74) is 2.02. The molecule has 1 aliphatic heterocycles. The van der Waals surface area contributed by atoms with Crippen LogP contribution in [0.3, 0.4) is 0 Å². The van der Waals surface area contributed by atoms with Crippen LogP contribution in [0.4, 0.5) is 11.4 Å². The molecule has 18 heavy (non-hydrogen) atoms. The maximum Gasteiger partial charge on any atom is 0.250 e. The van der Waals surface area contributed by atoms with E-state index in [9.17, 15) is 4.79 Å². The number of amides is 1. The molecule has 98 valence electrons. The van der Waals surface area contributed by atoms with Crippen LogP contribution in [0, 0.1) is 0 Å². The van der Waals surface area contributed by atoms with E-state index in [4.69, 9.17) is 4.74 Å². The molecule has 2 rings (SSSR count). The molecule has 0 bridgehead atoms. The van der Waals surface area contributed by atoms with Gasteiger partial charge >= 0.3 is 0 Å². The van der Waals surface area contributed by atoms with Gasteiger partial charge in [0.15, 0.2) is 0 Å². The van der Waals surface area contributed by atoms with Crippen LogP contribution in [0.15, 0.2) is 24.3 Å². The first-order valence-electron chi connectivity index (χ1n) is 6.52. The van der Waals surface area contributed by atoms with E-state index < -0.39 is 0 Å². The molecular weight excluding hydrogens is 228 g/mol. The zero-order chi connectivity index (χ0) is 12.8. The first kappa shape index (κ1) is 12.9. The first-order valence-corrected chi connectivity index (χ1v) is 6.52. The molecular formula is C14H20N2O2. The average Bonchev–Trinajstić information content (AvgIpc) is 2.90. The molecule has 1 aromatic rings. The highest BCUT2D eigenvalue weighted by atomic mass is 16.5. The lowest BCUT2D eigenvalue weighted by molar-refractivity contribution is -0.120. The number of rotatable bonds is 5. The van der Waals surface area contributed by atoms with Crippen LogP contribution >= 0.6 is 0 Å². The van der Waals surface area contributed by atoms with Crippen molar-refractivity contribution in [1.82, 2.24) is 0 Å². The van der Waals surface area contributed by atoms with Gasteiger partial charge in [-0.2, -0.15) is 0 Å². The molecule has 1 N–H and O–H groups in total. The number of nitrogens with one attached hydrogen (secondary N) is 1. The second kappa shape index (κ2) is 6.40. The monoisotopic (exact) mass is 248 g/mol. The van der Waals surface area contributed by atoms with Crippen molar-refractivity contribution in [2.45, 2.75) is 19.8 Å². The van der Waals surface area contributed by atoms with E-state index in [-0.39, 0.29) is 12.5 Å². The van der Waals surface area contributed by atoms with Crippen molar-refractivity contribution >= 4 is 17.3 Å². The van der Waals surface area contributed by atoms with Crippen LogP contribution in [-0.4, -0.2) is 32.2 Å². The van der Waals surface area contributed by atoms with Gasteiger partial charge in [0, 0.05) is 31.1 Å². The van der Waals surface area contributed by atoms with Gasteiger partial charge in [0.05, 0.1) is 0 Å². The highest BCUT2D eigenvalue weighted by Crippen LogP contribution is 2.23. The minimum Gasteiger partial charge on any atom is -0.372 e. The molecule has 1 aliphatic rings. The topological polar surface area (TPSA) is 41.6 Å². The minimum atomic E-state index is -0.101. The fraction of sp³-hybridized carbons (Fsp3) is 0.500. The number of ether oxygens (including phenoxy) is 1. The van der Waals surface area contributed by atoms with E-state index >= 15 is 0 Å². The lowest BCUT2D eigenvalue weighted by Gasteiger charge is -2.18. The van der Waals surface area contributed by atoms with Crippen LogP contribution in [-0.2, 0) is 9.53 Å². The Labute approximate surface area is 108 Å². The predicted molar refractivity (Wildman–Crippen MR) is 73.0 cm³/mol. The van der Waals surface area contributed by atoms with Gasteiger partial charge < -0.3 is 15.0 Å². The third-order valence-electron chi connectivity index (χ3n) is 3.04. The summed E-state index contributed by atoms with van der Waals surface area (Å²) in [6.45, 7) is 4.76. The maximum absolute atomic E-state index is 11.6. The fourth-order valence-corrected chi connectivity index (χ4v) is 2.15. The Morgan fingerprint density at radius 3 is 2.89 bits per heavy atom. The van der Waals surface area contributed by atoms with Gasteiger partial charge in [-0.15, -0.1) is 0 Å². The fourth-order valence-electron chi connectivity index (χ4n) is 2.15. The largest absolute Gasteiger partial charge is 0.372 e. The summed E-state index contributed by atoms with van der Waals surface area (Å²) in [5, 5.41) is 2.85. The van der Waals surface area contributed by atoms with Gasteiger partial charge in [0.1, 0.15) is 6.61 Å². The van der Waals surface area contributed by atoms with Crippen molar-refractivity contribution < 1.29 is 9.53 Å². The van der Waals surface area contributed by atoms with Gasteiger partial charge in [-0.3, -0.25) is 4.79 Å². The Morgan fingerprint density at radius 1 is 1.39 bits per heavy atom. The van der Waals surface area contributed by atoms with E-state index in [1.165, 1.54) is 18.5 Å².